The molecule has 2 atom stereocenters. The Labute approximate surface area is 228 Å². The number of hydrogen-bond donors (Lipinski definition) is 3. The summed E-state index contributed by atoms with van der Waals surface area (Å²) in [5.41, 5.74) is 0. The van der Waals surface area contributed by atoms with E-state index in [4.69, 9.17) is 0 Å². The topological polar surface area (TPSA) is 104 Å². The average molecular weight is 544 g/mol. The van der Waals surface area contributed by atoms with E-state index >= 15 is 0 Å². The zero-order chi connectivity index (χ0) is 27.6. The third-order valence-corrected chi connectivity index (χ3v) is 7.40. The molecule has 0 aliphatic rings. The molecule has 0 radical (unpaired) electrons. The quantitative estimate of drug-likeness (QED) is 0.0590. The fourth-order valence-electron chi connectivity index (χ4n) is 4.32. The van der Waals surface area contributed by atoms with Gasteiger partial charge in [-0.05, 0) is 44.9 Å². The summed E-state index contributed by atoms with van der Waals surface area (Å²) >= 11 is 0. The number of nitrogens with one attached hydrogen (secondary N) is 1. The molecule has 0 rings (SSSR count). The van der Waals surface area contributed by atoms with Crippen molar-refractivity contribution < 1.29 is 22.9 Å². The van der Waals surface area contributed by atoms with E-state index in [9.17, 15) is 22.9 Å². The van der Waals surface area contributed by atoms with Crippen LogP contribution in [0.1, 0.15) is 142 Å². The minimum atomic E-state index is -4.32. The van der Waals surface area contributed by atoms with Crippen LogP contribution in [0.4, 0.5) is 0 Å². The van der Waals surface area contributed by atoms with Crippen molar-refractivity contribution >= 4 is 16.0 Å². The fraction of sp³-hybridized carbons (Fsp3) is 0.833. The summed E-state index contributed by atoms with van der Waals surface area (Å²) in [6.07, 6.45) is 28.9. The molecule has 0 heterocycles. The van der Waals surface area contributed by atoms with E-state index in [0.29, 0.717) is 0 Å². The van der Waals surface area contributed by atoms with Crippen LogP contribution in [-0.2, 0) is 14.9 Å². The van der Waals surface area contributed by atoms with Gasteiger partial charge in [-0.25, -0.2) is 0 Å². The first-order chi connectivity index (χ1) is 17.8. The predicted molar refractivity (Wildman–Crippen MR) is 156 cm³/mol. The van der Waals surface area contributed by atoms with E-state index in [1.165, 1.54) is 70.3 Å². The molecule has 7 heteroatoms. The third-order valence-electron chi connectivity index (χ3n) is 6.62. The van der Waals surface area contributed by atoms with Crippen LogP contribution in [0.25, 0.3) is 0 Å². The highest BCUT2D eigenvalue weighted by atomic mass is 32.2. The molecule has 1 amide bonds. The second kappa shape index (κ2) is 25.1. The largest absolute Gasteiger partial charge is 0.387 e. The van der Waals surface area contributed by atoms with Crippen LogP contribution in [0.3, 0.4) is 0 Å². The second-order valence-electron chi connectivity index (χ2n) is 10.4. The highest BCUT2D eigenvalue weighted by Crippen LogP contribution is 2.11. The third kappa shape index (κ3) is 26.2. The number of carbonyl (C=O) groups excluding carboxylic acids is 1. The molecule has 2 unspecified atom stereocenters. The van der Waals surface area contributed by atoms with E-state index in [0.717, 1.165) is 57.8 Å². The summed E-state index contributed by atoms with van der Waals surface area (Å²) in [6, 6.07) is -1.05. The van der Waals surface area contributed by atoms with Gasteiger partial charge in [-0.2, -0.15) is 8.42 Å². The zero-order valence-electron chi connectivity index (χ0n) is 23.8. The molecule has 0 fully saturated rings. The lowest BCUT2D eigenvalue weighted by Crippen LogP contribution is -2.46. The molecule has 37 heavy (non-hydrogen) atoms. The van der Waals surface area contributed by atoms with Gasteiger partial charge in [0, 0.05) is 6.42 Å². The number of rotatable bonds is 26. The highest BCUT2D eigenvalue weighted by molar-refractivity contribution is 7.85. The summed E-state index contributed by atoms with van der Waals surface area (Å²) in [7, 11) is -4.32. The van der Waals surface area contributed by atoms with Crippen molar-refractivity contribution in [1.82, 2.24) is 5.32 Å². The Morgan fingerprint density at radius 2 is 1.14 bits per heavy atom. The lowest BCUT2D eigenvalue weighted by atomic mass is 10.1. The molecule has 0 saturated heterocycles. The van der Waals surface area contributed by atoms with Crippen molar-refractivity contribution in [3.63, 3.8) is 0 Å². The Kier molecular flexibility index (Phi) is 24.3. The highest BCUT2D eigenvalue weighted by Gasteiger charge is 2.24. The van der Waals surface area contributed by atoms with E-state index < -0.39 is 28.0 Å². The Balaban J connectivity index is 4.03. The maximum atomic E-state index is 12.3. The molecule has 0 aliphatic carbocycles. The zero-order valence-corrected chi connectivity index (χ0v) is 24.7. The number of unbranched alkanes of at least 4 members (excludes halogenated alkanes) is 16. The summed E-state index contributed by atoms with van der Waals surface area (Å²) in [5.74, 6) is -0.995. The van der Waals surface area contributed by atoms with Gasteiger partial charge in [-0.1, -0.05) is 115 Å². The molecule has 0 aliphatic heterocycles. The van der Waals surface area contributed by atoms with Gasteiger partial charge in [0.25, 0.3) is 10.1 Å². The average Bonchev–Trinajstić information content (AvgIpc) is 2.84. The molecule has 0 aromatic carbocycles. The van der Waals surface area contributed by atoms with Gasteiger partial charge in [0.1, 0.15) is 0 Å². The summed E-state index contributed by atoms with van der Waals surface area (Å²) in [5, 5.41) is 13.0. The van der Waals surface area contributed by atoms with E-state index in [2.05, 4.69) is 31.3 Å². The molecule has 0 spiro atoms. The first-order valence-corrected chi connectivity index (χ1v) is 16.6. The SMILES string of the molecule is CCCCCCC/C=C/C(O)C(CS(=O)(=O)O)NC(=O)CCCCCCC/C=C\CCCCCCCC. The Morgan fingerprint density at radius 3 is 1.62 bits per heavy atom. The second-order valence-corrected chi connectivity index (χ2v) is 11.9. The Morgan fingerprint density at radius 1 is 0.703 bits per heavy atom. The van der Waals surface area contributed by atoms with Gasteiger partial charge in [-0.15, -0.1) is 0 Å². The summed E-state index contributed by atoms with van der Waals surface area (Å²) in [4.78, 5) is 12.3. The first kappa shape index (κ1) is 35.8. The maximum absolute atomic E-state index is 12.3. The minimum absolute atomic E-state index is 0.286. The van der Waals surface area contributed by atoms with Crippen LogP contribution in [0.2, 0.25) is 0 Å². The van der Waals surface area contributed by atoms with Crippen molar-refractivity contribution in [1.29, 1.82) is 0 Å². The lowest BCUT2D eigenvalue weighted by molar-refractivity contribution is -0.122. The maximum Gasteiger partial charge on any atom is 0.267 e. The number of aliphatic hydroxyl groups excluding tert-OH is 1. The van der Waals surface area contributed by atoms with Crippen LogP contribution in [0, 0.1) is 0 Å². The van der Waals surface area contributed by atoms with Crippen LogP contribution in [0.15, 0.2) is 24.3 Å². The molecule has 0 aromatic rings. The van der Waals surface area contributed by atoms with E-state index in [1.54, 1.807) is 0 Å². The summed E-state index contributed by atoms with van der Waals surface area (Å²) < 4.78 is 32.0. The van der Waals surface area contributed by atoms with Gasteiger partial charge < -0.3 is 10.4 Å². The number of carbonyl (C=O) groups is 1. The van der Waals surface area contributed by atoms with Gasteiger partial charge in [0.15, 0.2) is 0 Å². The molecular formula is C30H57NO5S. The molecule has 218 valence electrons. The summed E-state index contributed by atoms with van der Waals surface area (Å²) in [6.45, 7) is 4.41. The monoisotopic (exact) mass is 543 g/mol. The van der Waals surface area contributed by atoms with Crippen molar-refractivity contribution in [3.8, 4) is 0 Å². The van der Waals surface area contributed by atoms with Crippen molar-refractivity contribution in [2.45, 2.75) is 154 Å². The smallest absolute Gasteiger partial charge is 0.267 e. The van der Waals surface area contributed by atoms with Gasteiger partial charge in [-0.3, -0.25) is 9.35 Å². The molecule has 0 bridgehead atoms. The van der Waals surface area contributed by atoms with Crippen molar-refractivity contribution in [2.75, 3.05) is 5.75 Å². The Hall–Kier alpha value is -1.18. The number of aliphatic hydroxyl groups is 1. The molecule has 3 N–H and O–H groups in total. The molecular weight excluding hydrogens is 486 g/mol. The van der Waals surface area contributed by atoms with Gasteiger partial charge in [0.05, 0.1) is 17.9 Å². The molecule has 0 aromatic heterocycles. The van der Waals surface area contributed by atoms with Gasteiger partial charge >= 0.3 is 0 Å². The number of amides is 1. The minimum Gasteiger partial charge on any atom is -0.387 e. The van der Waals surface area contributed by atoms with Crippen molar-refractivity contribution in [3.05, 3.63) is 24.3 Å². The molecule has 6 nitrogen and oxygen atoms in total. The van der Waals surface area contributed by atoms with Crippen LogP contribution < -0.4 is 5.32 Å². The Bertz CT molecular complexity index is 690. The first-order valence-electron chi connectivity index (χ1n) is 15.0. The standard InChI is InChI=1S/C30H57NO5S/c1-3-5-7-9-11-12-13-14-15-16-17-18-20-22-24-26-30(33)31-28(27-37(34,35)36)29(32)25-23-21-19-10-8-6-4-2/h14-15,23,25,28-29,32H,3-13,16-22,24,26-27H2,1-2H3,(H,31,33)(H,34,35,36)/b15-14-,25-23+. The van der Waals surface area contributed by atoms with E-state index in [1.807, 2.05) is 6.08 Å². The fourth-order valence-corrected chi connectivity index (χ4v) is 5.06. The number of allylic oxidation sites excluding steroid dienone is 3. The normalized spacial score (nSPS) is 13.9. The van der Waals surface area contributed by atoms with Gasteiger partial charge in [0.2, 0.25) is 5.91 Å². The van der Waals surface area contributed by atoms with Crippen LogP contribution >= 0.6 is 0 Å². The van der Waals surface area contributed by atoms with Crippen LogP contribution in [0.5, 0.6) is 0 Å². The van der Waals surface area contributed by atoms with Crippen molar-refractivity contribution in [2.24, 2.45) is 0 Å². The lowest BCUT2D eigenvalue weighted by Gasteiger charge is -2.21. The number of hydrogen-bond acceptors (Lipinski definition) is 4. The van der Waals surface area contributed by atoms with Crippen LogP contribution in [-0.4, -0.2) is 41.9 Å². The van der Waals surface area contributed by atoms with E-state index in [-0.39, 0.29) is 12.3 Å². The predicted octanol–water partition coefficient (Wildman–Crippen LogP) is 7.67. The molecule has 0 saturated carbocycles.